The van der Waals surface area contributed by atoms with E-state index in [4.69, 9.17) is 10.00 Å². The van der Waals surface area contributed by atoms with Crippen molar-refractivity contribution in [2.75, 3.05) is 6.61 Å². The first kappa shape index (κ1) is 21.6. The molecule has 2 rings (SSSR count). The van der Waals surface area contributed by atoms with Crippen LogP contribution in [0.15, 0.2) is 35.9 Å². The maximum absolute atomic E-state index is 13.8. The molecule has 0 aliphatic carbocycles. The lowest BCUT2D eigenvalue weighted by molar-refractivity contribution is -0.224. The fourth-order valence-corrected chi connectivity index (χ4v) is 2.69. The van der Waals surface area contributed by atoms with Crippen LogP contribution < -0.4 is 10.1 Å². The van der Waals surface area contributed by atoms with Gasteiger partial charge in [-0.05, 0) is 30.2 Å². The van der Waals surface area contributed by atoms with E-state index in [1.807, 2.05) is 0 Å². The molecule has 2 unspecified atom stereocenters. The molecule has 1 aliphatic rings. The normalized spacial score (nSPS) is 22.9. The third kappa shape index (κ3) is 4.39. The molecule has 0 saturated heterocycles. The number of carbonyl (C=O) groups excluding carboxylic acids is 1. The number of halogens is 6. The van der Waals surface area contributed by atoms with Crippen molar-refractivity contribution < 1.29 is 41.0 Å². The maximum Gasteiger partial charge on any atom is 0.418 e. The second kappa shape index (κ2) is 7.71. The van der Waals surface area contributed by atoms with Crippen LogP contribution in [0.5, 0.6) is 5.75 Å². The van der Waals surface area contributed by atoms with E-state index in [2.05, 4.69) is 0 Å². The zero-order valence-electron chi connectivity index (χ0n) is 14.1. The predicted octanol–water partition coefficient (Wildman–Crippen LogP) is 3.11. The number of benzene rings is 1. The highest BCUT2D eigenvalue weighted by Crippen LogP contribution is 2.44. The van der Waals surface area contributed by atoms with Gasteiger partial charge in [-0.25, -0.2) is 0 Å². The van der Waals surface area contributed by atoms with Gasteiger partial charge in [0.2, 0.25) is 0 Å². The van der Waals surface area contributed by atoms with Gasteiger partial charge in [0.15, 0.2) is 5.54 Å². The monoisotopic (exact) mass is 408 g/mol. The minimum Gasteiger partial charge on any atom is -0.494 e. The third-order valence-electron chi connectivity index (χ3n) is 4.07. The molecule has 2 atom stereocenters. The van der Waals surface area contributed by atoms with E-state index in [1.165, 1.54) is 6.07 Å². The zero-order chi connectivity index (χ0) is 21.2. The smallest absolute Gasteiger partial charge is 0.418 e. The molecule has 0 saturated carbocycles. The molecule has 1 heterocycles. The minimum atomic E-state index is -5.12. The fourth-order valence-electron chi connectivity index (χ4n) is 2.69. The molecule has 1 aliphatic heterocycles. The number of hydrogen-bond acceptors (Lipinski definition) is 4. The van der Waals surface area contributed by atoms with Gasteiger partial charge in [-0.1, -0.05) is 12.1 Å². The molecule has 5 nitrogen and oxygen atoms in total. The van der Waals surface area contributed by atoms with Gasteiger partial charge in [-0.15, -0.1) is 0 Å². The molecule has 1 aromatic carbocycles. The summed E-state index contributed by atoms with van der Waals surface area (Å²) in [5, 5.41) is 20.5. The molecule has 0 radical (unpaired) electrons. The van der Waals surface area contributed by atoms with Gasteiger partial charge in [0.25, 0.3) is 5.91 Å². The highest BCUT2D eigenvalue weighted by Gasteiger charge is 2.62. The molecule has 1 amide bonds. The summed E-state index contributed by atoms with van der Waals surface area (Å²) in [4.78, 5) is 11.8. The Morgan fingerprint density at radius 2 is 1.79 bits per heavy atom. The third-order valence-corrected chi connectivity index (χ3v) is 4.07. The summed E-state index contributed by atoms with van der Waals surface area (Å²) >= 11 is 0. The number of amides is 1. The largest absolute Gasteiger partial charge is 0.494 e. The molecule has 152 valence electrons. The van der Waals surface area contributed by atoms with Crippen molar-refractivity contribution >= 4 is 5.91 Å². The lowest BCUT2D eigenvalue weighted by Gasteiger charge is -2.41. The number of aliphatic hydroxyl groups is 1. The number of alkyl halides is 6. The van der Waals surface area contributed by atoms with E-state index in [-0.39, 0.29) is 18.8 Å². The molecule has 28 heavy (non-hydrogen) atoms. The molecule has 11 heteroatoms. The average molecular weight is 408 g/mol. The number of aliphatic hydroxyl groups excluding tert-OH is 1. The lowest BCUT2D eigenvalue weighted by Crippen LogP contribution is -2.64. The highest BCUT2D eigenvalue weighted by atomic mass is 19.4. The molecule has 0 fully saturated rings. The van der Waals surface area contributed by atoms with Crippen LogP contribution in [0.2, 0.25) is 0 Å². The summed E-state index contributed by atoms with van der Waals surface area (Å²) in [6.45, 7) is -0.295. The van der Waals surface area contributed by atoms with Crippen molar-refractivity contribution in [2.24, 2.45) is 0 Å². The molecule has 1 aromatic rings. The van der Waals surface area contributed by atoms with E-state index in [9.17, 15) is 36.2 Å². The molecule has 0 aromatic heterocycles. The van der Waals surface area contributed by atoms with Gasteiger partial charge in [0.05, 0.1) is 6.61 Å². The fraction of sp³-hybridized carbons (Fsp3) is 0.412. The molecular weight excluding hydrogens is 394 g/mol. The van der Waals surface area contributed by atoms with Crippen molar-refractivity contribution in [1.82, 2.24) is 5.32 Å². The van der Waals surface area contributed by atoms with Crippen molar-refractivity contribution in [3.8, 4) is 11.8 Å². The second-order valence-corrected chi connectivity index (χ2v) is 5.99. The van der Waals surface area contributed by atoms with E-state index < -0.39 is 47.5 Å². The van der Waals surface area contributed by atoms with Gasteiger partial charge in [-0.3, -0.25) is 4.79 Å². The van der Waals surface area contributed by atoms with E-state index in [0.717, 1.165) is 24.3 Å². The van der Waals surface area contributed by atoms with Gasteiger partial charge < -0.3 is 15.2 Å². The standard InChI is InChI=1S/C17H14F6N2O3/c18-15(19,20)6-1-7-28-12-4-2-11(3-5-12)16(17(21,22)23)13(26)8-10(9-24)14(27)25-16/h2-5,8,13,26H,1,6-7H2,(H,25,27). The first-order chi connectivity index (χ1) is 12.9. The van der Waals surface area contributed by atoms with Crippen LogP contribution in [0.1, 0.15) is 18.4 Å². The Labute approximate surface area is 155 Å². The number of carbonyl (C=O) groups is 1. The Balaban J connectivity index is 2.24. The Kier molecular flexibility index (Phi) is 5.94. The number of nitrogens with one attached hydrogen (secondary N) is 1. The zero-order valence-corrected chi connectivity index (χ0v) is 14.1. The topological polar surface area (TPSA) is 82.3 Å². The predicted molar refractivity (Wildman–Crippen MR) is 82.8 cm³/mol. The van der Waals surface area contributed by atoms with Crippen LogP contribution in [0.25, 0.3) is 0 Å². The van der Waals surface area contributed by atoms with Crippen molar-refractivity contribution in [3.05, 3.63) is 41.5 Å². The van der Waals surface area contributed by atoms with E-state index in [0.29, 0.717) is 6.08 Å². The van der Waals surface area contributed by atoms with Crippen LogP contribution in [-0.4, -0.2) is 36.1 Å². The Morgan fingerprint density at radius 1 is 1.18 bits per heavy atom. The van der Waals surface area contributed by atoms with Gasteiger partial charge in [0.1, 0.15) is 23.5 Å². The highest BCUT2D eigenvalue weighted by molar-refractivity contribution is 5.99. The minimum absolute atomic E-state index is 0.0214. The van der Waals surface area contributed by atoms with E-state index >= 15 is 0 Å². The summed E-state index contributed by atoms with van der Waals surface area (Å²) < 4.78 is 82.6. The Hall–Kier alpha value is -2.74. The van der Waals surface area contributed by atoms with E-state index in [1.54, 1.807) is 5.32 Å². The Bertz CT molecular complexity index is 795. The summed E-state index contributed by atoms with van der Waals surface area (Å²) in [6, 6.07) is 5.42. The van der Waals surface area contributed by atoms with Gasteiger partial charge >= 0.3 is 12.4 Å². The van der Waals surface area contributed by atoms with Crippen molar-refractivity contribution in [3.63, 3.8) is 0 Å². The van der Waals surface area contributed by atoms with Gasteiger partial charge in [0, 0.05) is 6.42 Å². The summed E-state index contributed by atoms with van der Waals surface area (Å²) in [5.74, 6) is -1.27. The second-order valence-electron chi connectivity index (χ2n) is 5.99. The average Bonchev–Trinajstić information content (AvgIpc) is 2.59. The first-order valence-electron chi connectivity index (χ1n) is 7.90. The van der Waals surface area contributed by atoms with Crippen LogP contribution in [-0.2, 0) is 10.3 Å². The maximum atomic E-state index is 13.8. The molecular formula is C17H14F6N2O3. The summed E-state index contributed by atoms with van der Waals surface area (Å²) in [6.07, 6.45) is -12.6. The number of hydrogen-bond donors (Lipinski definition) is 2. The van der Waals surface area contributed by atoms with Crippen molar-refractivity contribution in [2.45, 2.75) is 36.8 Å². The van der Waals surface area contributed by atoms with Crippen LogP contribution >= 0.6 is 0 Å². The van der Waals surface area contributed by atoms with Crippen LogP contribution in [0, 0.1) is 11.3 Å². The Morgan fingerprint density at radius 3 is 2.29 bits per heavy atom. The summed E-state index contributed by atoms with van der Waals surface area (Å²) in [7, 11) is 0. The first-order valence-corrected chi connectivity index (χ1v) is 7.90. The summed E-state index contributed by atoms with van der Waals surface area (Å²) in [5.41, 5.74) is -4.37. The number of ether oxygens (including phenoxy) is 1. The van der Waals surface area contributed by atoms with Crippen LogP contribution in [0.3, 0.4) is 0 Å². The number of nitrogens with zero attached hydrogens (tertiary/aromatic N) is 1. The lowest BCUT2D eigenvalue weighted by atomic mass is 9.80. The number of rotatable bonds is 5. The molecule has 0 bridgehead atoms. The molecule has 0 spiro atoms. The van der Waals surface area contributed by atoms with Crippen molar-refractivity contribution in [1.29, 1.82) is 5.26 Å². The molecule has 2 N–H and O–H groups in total. The quantitative estimate of drug-likeness (QED) is 0.580. The SMILES string of the molecule is N#CC1=CC(O)C(c2ccc(OCCCC(F)(F)F)cc2)(C(F)(F)F)NC1=O. The van der Waals surface area contributed by atoms with Gasteiger partial charge in [-0.2, -0.15) is 31.6 Å². The number of nitriles is 1. The van der Waals surface area contributed by atoms with Crippen LogP contribution in [0.4, 0.5) is 26.3 Å².